The van der Waals surface area contributed by atoms with Gasteiger partial charge in [-0.2, -0.15) is 4.99 Å². The first kappa shape index (κ1) is 28.6. The van der Waals surface area contributed by atoms with Crippen LogP contribution < -0.4 is 10.6 Å². The van der Waals surface area contributed by atoms with Gasteiger partial charge in [0.15, 0.2) is 5.17 Å². The van der Waals surface area contributed by atoms with Crippen LogP contribution in [0.15, 0.2) is 64.6 Å². The number of aromatic nitrogens is 1. The molecule has 212 valence electrons. The van der Waals surface area contributed by atoms with E-state index in [9.17, 15) is 14.4 Å². The van der Waals surface area contributed by atoms with Gasteiger partial charge in [-0.15, -0.1) is 0 Å². The van der Waals surface area contributed by atoms with Crippen molar-refractivity contribution in [3.8, 4) is 0 Å². The minimum absolute atomic E-state index is 0.124. The predicted octanol–water partition coefficient (Wildman–Crippen LogP) is 6.56. The number of hydrogen-bond acceptors (Lipinski definition) is 7. The summed E-state index contributed by atoms with van der Waals surface area (Å²) in [5.41, 5.74) is 2.27. The van der Waals surface area contributed by atoms with Crippen molar-refractivity contribution < 1.29 is 19.1 Å². The Bertz CT molecular complexity index is 1570. The van der Waals surface area contributed by atoms with Crippen molar-refractivity contribution in [2.24, 2.45) is 10.9 Å². The van der Waals surface area contributed by atoms with Crippen molar-refractivity contribution in [3.63, 3.8) is 0 Å². The second kappa shape index (κ2) is 11.9. The predicted molar refractivity (Wildman–Crippen MR) is 164 cm³/mol. The standard InChI is InChI=1S/C30H30ClN5O4S/c1-30(2,3)40-29(39)36-13-10-19(11-14-36)26(37)33-21-7-8-22(31)24(17-21)34-28-35-27(38)25(41-28)16-18-6-9-23-20(15-18)5-4-12-32-23/h4-9,12,15-17,19H,10-11,13-14H2,1-3H3,(H,33,37)(H,34,35,38). The molecule has 2 N–H and O–H groups in total. The third-order valence-corrected chi connectivity index (χ3v) is 7.77. The van der Waals surface area contributed by atoms with Crippen LogP contribution in [0.25, 0.3) is 17.0 Å². The molecule has 1 saturated heterocycles. The zero-order valence-corrected chi connectivity index (χ0v) is 24.5. The number of nitrogens with one attached hydrogen (secondary N) is 2. The molecule has 2 aliphatic rings. The van der Waals surface area contributed by atoms with Crippen LogP contribution in [0, 0.1) is 5.92 Å². The van der Waals surface area contributed by atoms with Crippen molar-refractivity contribution in [3.05, 3.63) is 70.2 Å². The van der Waals surface area contributed by atoms with Gasteiger partial charge in [0.05, 0.1) is 21.1 Å². The van der Waals surface area contributed by atoms with E-state index in [2.05, 4.69) is 20.6 Å². The number of fused-ring (bicyclic) bond motifs is 1. The molecule has 0 unspecified atom stereocenters. The van der Waals surface area contributed by atoms with Crippen LogP contribution in [0.3, 0.4) is 0 Å². The number of hydrogen-bond donors (Lipinski definition) is 2. The fourth-order valence-corrected chi connectivity index (χ4v) is 5.50. The maximum atomic E-state index is 13.0. The summed E-state index contributed by atoms with van der Waals surface area (Å²) in [6.07, 6.45) is 4.27. The molecular weight excluding hydrogens is 562 g/mol. The molecule has 0 bridgehead atoms. The van der Waals surface area contributed by atoms with Gasteiger partial charge in [-0.05, 0) is 93.4 Å². The summed E-state index contributed by atoms with van der Waals surface area (Å²) in [5, 5.41) is 7.86. The van der Waals surface area contributed by atoms with Gasteiger partial charge in [-0.25, -0.2) is 4.79 Å². The summed E-state index contributed by atoms with van der Waals surface area (Å²) in [6, 6.07) is 14.7. The van der Waals surface area contributed by atoms with Gasteiger partial charge in [0.25, 0.3) is 5.91 Å². The monoisotopic (exact) mass is 591 g/mol. The Hall–Kier alpha value is -3.89. The summed E-state index contributed by atoms with van der Waals surface area (Å²) in [4.78, 5) is 48.5. The Morgan fingerprint density at radius 1 is 1.12 bits per heavy atom. The molecule has 3 heterocycles. The lowest BCUT2D eigenvalue weighted by atomic mass is 9.96. The van der Waals surface area contributed by atoms with Crippen LogP contribution >= 0.6 is 23.4 Å². The van der Waals surface area contributed by atoms with E-state index < -0.39 is 5.60 Å². The van der Waals surface area contributed by atoms with E-state index in [0.29, 0.717) is 52.4 Å². The molecule has 0 radical (unpaired) electrons. The number of thioether (sulfide) groups is 1. The van der Waals surface area contributed by atoms with Crippen molar-refractivity contribution in [2.75, 3.05) is 23.7 Å². The van der Waals surface area contributed by atoms with Crippen LogP contribution in [-0.4, -0.2) is 51.6 Å². The Balaban J connectivity index is 1.19. The number of rotatable bonds is 4. The van der Waals surface area contributed by atoms with Gasteiger partial charge in [0, 0.05) is 36.3 Å². The number of ether oxygens (including phenoxy) is 1. The minimum Gasteiger partial charge on any atom is -0.444 e. The number of aliphatic imine (C=N–C) groups is 1. The van der Waals surface area contributed by atoms with Crippen LogP contribution in [0.1, 0.15) is 39.2 Å². The highest BCUT2D eigenvalue weighted by atomic mass is 35.5. The van der Waals surface area contributed by atoms with Gasteiger partial charge < -0.3 is 20.3 Å². The molecule has 0 saturated carbocycles. The van der Waals surface area contributed by atoms with Gasteiger partial charge in [0.2, 0.25) is 5.91 Å². The first-order valence-electron chi connectivity index (χ1n) is 13.3. The number of nitrogens with zero attached hydrogens (tertiary/aromatic N) is 3. The Labute approximate surface area is 247 Å². The molecule has 0 spiro atoms. The topological polar surface area (TPSA) is 113 Å². The fraction of sp³-hybridized carbons (Fsp3) is 0.300. The molecule has 11 heteroatoms. The quantitative estimate of drug-likeness (QED) is 0.330. The highest BCUT2D eigenvalue weighted by molar-refractivity contribution is 8.18. The van der Waals surface area contributed by atoms with Gasteiger partial charge in [-0.1, -0.05) is 23.7 Å². The van der Waals surface area contributed by atoms with Gasteiger partial charge in [-0.3, -0.25) is 14.6 Å². The Morgan fingerprint density at radius 2 is 1.90 bits per heavy atom. The number of benzene rings is 2. The number of likely N-dealkylation sites (tertiary alicyclic amines) is 1. The number of amidine groups is 1. The van der Waals surface area contributed by atoms with Crippen molar-refractivity contribution >= 4 is 74.8 Å². The molecule has 1 aromatic heterocycles. The molecule has 2 aromatic carbocycles. The largest absolute Gasteiger partial charge is 0.444 e. The molecule has 41 heavy (non-hydrogen) atoms. The zero-order valence-electron chi connectivity index (χ0n) is 22.9. The van der Waals surface area contributed by atoms with Crippen molar-refractivity contribution in [1.82, 2.24) is 9.88 Å². The van der Waals surface area contributed by atoms with Crippen LogP contribution in [0.4, 0.5) is 16.2 Å². The molecule has 3 aromatic rings. The normalized spacial score (nSPS) is 17.1. The maximum absolute atomic E-state index is 13.0. The number of amides is 3. The smallest absolute Gasteiger partial charge is 0.410 e. The second-order valence-electron chi connectivity index (χ2n) is 10.8. The summed E-state index contributed by atoms with van der Waals surface area (Å²) < 4.78 is 5.43. The first-order chi connectivity index (χ1) is 19.5. The number of carbonyl (C=O) groups excluding carboxylic acids is 3. The molecule has 1 fully saturated rings. The number of anilines is 2. The van der Waals surface area contributed by atoms with Gasteiger partial charge >= 0.3 is 6.09 Å². The first-order valence-corrected chi connectivity index (χ1v) is 14.5. The van der Waals surface area contributed by atoms with Crippen LogP contribution in [0.5, 0.6) is 0 Å². The van der Waals surface area contributed by atoms with E-state index in [0.717, 1.165) is 16.5 Å². The number of carbonyl (C=O) groups is 3. The molecule has 0 aliphatic carbocycles. The average Bonchev–Trinajstić information content (AvgIpc) is 3.27. The van der Waals surface area contributed by atoms with Crippen molar-refractivity contribution in [1.29, 1.82) is 0 Å². The van der Waals surface area contributed by atoms with E-state index in [1.54, 1.807) is 35.4 Å². The Kier molecular flexibility index (Phi) is 8.32. The molecule has 2 aliphatic heterocycles. The molecule has 3 amide bonds. The van der Waals surface area contributed by atoms with Crippen LogP contribution in [-0.2, 0) is 14.3 Å². The maximum Gasteiger partial charge on any atom is 0.410 e. The van der Waals surface area contributed by atoms with E-state index in [4.69, 9.17) is 16.3 Å². The average molecular weight is 592 g/mol. The van der Waals surface area contributed by atoms with E-state index in [1.165, 1.54) is 11.8 Å². The highest BCUT2D eigenvalue weighted by Gasteiger charge is 2.30. The summed E-state index contributed by atoms with van der Waals surface area (Å²) >= 11 is 7.63. The lowest BCUT2D eigenvalue weighted by Gasteiger charge is -2.32. The minimum atomic E-state index is -0.561. The fourth-order valence-electron chi connectivity index (χ4n) is 4.51. The lowest BCUT2D eigenvalue weighted by molar-refractivity contribution is -0.121. The van der Waals surface area contributed by atoms with Crippen molar-refractivity contribution in [2.45, 2.75) is 39.2 Å². The molecule has 9 nitrogen and oxygen atoms in total. The molecule has 0 atom stereocenters. The number of pyridine rings is 1. The molecular formula is C30H30ClN5O4S. The third kappa shape index (κ3) is 7.25. The zero-order chi connectivity index (χ0) is 29.1. The van der Waals surface area contributed by atoms with E-state index >= 15 is 0 Å². The number of piperidine rings is 1. The third-order valence-electron chi connectivity index (χ3n) is 6.54. The summed E-state index contributed by atoms with van der Waals surface area (Å²) in [5.74, 6) is -0.700. The Morgan fingerprint density at radius 3 is 2.66 bits per heavy atom. The van der Waals surface area contributed by atoms with E-state index in [1.807, 2.05) is 51.1 Å². The molecule has 5 rings (SSSR count). The summed E-state index contributed by atoms with van der Waals surface area (Å²) in [6.45, 7) is 6.40. The second-order valence-corrected chi connectivity index (χ2v) is 12.3. The van der Waals surface area contributed by atoms with Gasteiger partial charge in [0.1, 0.15) is 5.60 Å². The van der Waals surface area contributed by atoms with E-state index in [-0.39, 0.29) is 23.8 Å². The van der Waals surface area contributed by atoms with Crippen LogP contribution in [0.2, 0.25) is 5.02 Å². The highest BCUT2D eigenvalue weighted by Crippen LogP contribution is 2.33. The SMILES string of the molecule is CC(C)(C)OC(=O)N1CCC(C(=O)Nc2ccc(Cl)c(NC3=NC(=O)C(=Cc4ccc5ncccc5c4)S3)c2)CC1. The summed E-state index contributed by atoms with van der Waals surface area (Å²) in [7, 11) is 0. The lowest BCUT2D eigenvalue weighted by Crippen LogP contribution is -2.43. The number of halogens is 1.